The van der Waals surface area contributed by atoms with E-state index in [1.54, 1.807) is 51.9 Å². The molecule has 1 aromatic carbocycles. The van der Waals surface area contributed by atoms with Gasteiger partial charge in [-0.3, -0.25) is 19.4 Å². The number of nitrogens with zero attached hydrogens (tertiary/aromatic N) is 3. The van der Waals surface area contributed by atoms with E-state index in [-0.39, 0.29) is 36.2 Å². The molecule has 4 atom stereocenters. The van der Waals surface area contributed by atoms with Crippen LogP contribution in [0.25, 0.3) is 11.1 Å². The molecule has 1 saturated heterocycles. The first-order valence-corrected chi connectivity index (χ1v) is 12.1. The highest BCUT2D eigenvalue weighted by Crippen LogP contribution is 2.49. The highest BCUT2D eigenvalue weighted by atomic mass is 19.1. The van der Waals surface area contributed by atoms with Gasteiger partial charge in [0.1, 0.15) is 11.5 Å². The van der Waals surface area contributed by atoms with Crippen LogP contribution in [0.3, 0.4) is 0 Å². The van der Waals surface area contributed by atoms with Crippen molar-refractivity contribution in [2.45, 2.75) is 32.0 Å². The number of aliphatic hydroxyl groups excluding tert-OH is 1. The number of rotatable bonds is 6. The van der Waals surface area contributed by atoms with E-state index in [4.69, 9.17) is 0 Å². The lowest BCUT2D eigenvalue weighted by molar-refractivity contribution is -0.127. The second-order valence-corrected chi connectivity index (χ2v) is 9.20. The predicted octanol–water partition coefficient (Wildman–Crippen LogP) is 2.38. The van der Waals surface area contributed by atoms with Gasteiger partial charge in [0.2, 0.25) is 5.91 Å². The van der Waals surface area contributed by atoms with Crippen molar-refractivity contribution >= 4 is 11.8 Å². The first-order valence-electron chi connectivity index (χ1n) is 12.1. The zero-order valence-corrected chi connectivity index (χ0v) is 19.8. The number of aliphatic hydroxyl groups is 1. The van der Waals surface area contributed by atoms with Crippen molar-refractivity contribution in [1.29, 1.82) is 0 Å². The van der Waals surface area contributed by atoms with Gasteiger partial charge in [-0.05, 0) is 48.4 Å². The molecule has 0 unspecified atom stereocenters. The number of benzene rings is 1. The maximum Gasteiger partial charge on any atom is 0.273 e. The lowest BCUT2D eigenvalue weighted by Crippen LogP contribution is -2.49. The van der Waals surface area contributed by atoms with Gasteiger partial charge < -0.3 is 19.9 Å². The maximum absolute atomic E-state index is 13.9. The van der Waals surface area contributed by atoms with E-state index in [1.807, 2.05) is 6.92 Å². The van der Waals surface area contributed by atoms with Crippen LogP contribution in [-0.4, -0.2) is 50.6 Å². The molecule has 9 heteroatoms. The SMILES string of the molecule is CCCNC(=O)[C@H]1[C@H](CO)[C@H]2Cn3c(ccc(-c4cccc(F)c4)c3=O)[C@@H]1N2C(=O)c1ccccn1. The van der Waals surface area contributed by atoms with Crippen LogP contribution < -0.4 is 10.9 Å². The van der Waals surface area contributed by atoms with Crippen molar-refractivity contribution in [1.82, 2.24) is 19.8 Å². The van der Waals surface area contributed by atoms with Crippen LogP contribution in [-0.2, 0) is 11.3 Å². The topological polar surface area (TPSA) is 105 Å². The zero-order valence-electron chi connectivity index (χ0n) is 19.8. The molecule has 0 aliphatic carbocycles. The average Bonchev–Trinajstić information content (AvgIpc) is 3.14. The lowest BCUT2D eigenvalue weighted by atomic mass is 9.86. The molecule has 2 N–H and O–H groups in total. The molecule has 1 fully saturated rings. The Hall–Kier alpha value is -3.85. The summed E-state index contributed by atoms with van der Waals surface area (Å²) in [4.78, 5) is 46.4. The molecular formula is C27H27FN4O4. The van der Waals surface area contributed by atoms with Crippen LogP contribution in [0, 0.1) is 17.7 Å². The molecule has 2 amide bonds. The molecule has 186 valence electrons. The van der Waals surface area contributed by atoms with Crippen LogP contribution in [0.5, 0.6) is 0 Å². The largest absolute Gasteiger partial charge is 0.396 e. The highest BCUT2D eigenvalue weighted by molar-refractivity contribution is 5.94. The van der Waals surface area contributed by atoms with E-state index in [2.05, 4.69) is 10.3 Å². The molecule has 2 aromatic heterocycles. The number of halogens is 1. The molecule has 0 radical (unpaired) electrons. The minimum absolute atomic E-state index is 0.106. The van der Waals surface area contributed by atoms with Gasteiger partial charge in [0.15, 0.2) is 0 Å². The summed E-state index contributed by atoms with van der Waals surface area (Å²) in [6.45, 7) is 2.19. The third-order valence-electron chi connectivity index (χ3n) is 7.15. The van der Waals surface area contributed by atoms with Crippen molar-refractivity contribution in [3.05, 3.63) is 88.4 Å². The standard InChI is InChI=1S/C27H27FN4O4/c1-2-11-30-25(34)23-19(15-33)22-14-31-21(24(23)32(22)27(36)20-8-3-4-12-29-20)10-9-18(26(31)35)16-6-5-7-17(28)13-16/h3-10,12-13,19,22-24,33H,2,11,14-15H2,1H3,(H,30,34)/t19-,22-,23+,24+/m1/s1. The average molecular weight is 491 g/mol. The van der Waals surface area contributed by atoms with Gasteiger partial charge in [-0.1, -0.05) is 25.1 Å². The fourth-order valence-corrected chi connectivity index (χ4v) is 5.55. The molecule has 0 spiro atoms. The van der Waals surface area contributed by atoms with Crippen LogP contribution in [0.4, 0.5) is 4.39 Å². The number of fused-ring (bicyclic) bond motifs is 4. The normalized spacial score (nSPS) is 22.2. The van der Waals surface area contributed by atoms with E-state index in [0.717, 1.165) is 6.42 Å². The predicted molar refractivity (Wildman–Crippen MR) is 130 cm³/mol. The second-order valence-electron chi connectivity index (χ2n) is 9.20. The molecule has 3 aromatic rings. The van der Waals surface area contributed by atoms with Crippen molar-refractivity contribution in [3.63, 3.8) is 0 Å². The number of hydrogen-bond donors (Lipinski definition) is 2. The number of hydrogen-bond acceptors (Lipinski definition) is 5. The summed E-state index contributed by atoms with van der Waals surface area (Å²) in [5, 5.41) is 13.3. The quantitative estimate of drug-likeness (QED) is 0.552. The minimum atomic E-state index is -0.762. The first kappa shape index (κ1) is 23.9. The van der Waals surface area contributed by atoms with E-state index >= 15 is 0 Å². The van der Waals surface area contributed by atoms with Gasteiger partial charge in [-0.15, -0.1) is 0 Å². The van der Waals surface area contributed by atoms with Gasteiger partial charge in [0.05, 0.1) is 18.0 Å². The summed E-state index contributed by atoms with van der Waals surface area (Å²) in [6, 6.07) is 12.8. The van der Waals surface area contributed by atoms with Crippen molar-refractivity contribution < 1.29 is 19.1 Å². The van der Waals surface area contributed by atoms with Gasteiger partial charge in [-0.25, -0.2) is 4.39 Å². The van der Waals surface area contributed by atoms with Gasteiger partial charge in [0, 0.05) is 43.1 Å². The molecule has 2 aliphatic heterocycles. The molecule has 4 heterocycles. The molecule has 5 rings (SSSR count). The third kappa shape index (κ3) is 3.89. The Morgan fingerprint density at radius 2 is 2.00 bits per heavy atom. The van der Waals surface area contributed by atoms with Gasteiger partial charge >= 0.3 is 0 Å². The Morgan fingerprint density at radius 1 is 1.17 bits per heavy atom. The third-order valence-corrected chi connectivity index (χ3v) is 7.15. The number of nitrogens with one attached hydrogen (secondary N) is 1. The van der Waals surface area contributed by atoms with Crippen LogP contribution in [0.15, 0.2) is 65.6 Å². The number of pyridine rings is 2. The Labute approximate surface area is 207 Å². The summed E-state index contributed by atoms with van der Waals surface area (Å²) < 4.78 is 15.4. The summed E-state index contributed by atoms with van der Waals surface area (Å²) in [6.07, 6.45) is 2.26. The fourth-order valence-electron chi connectivity index (χ4n) is 5.55. The van der Waals surface area contributed by atoms with Gasteiger partial charge in [-0.2, -0.15) is 0 Å². The van der Waals surface area contributed by atoms with Crippen LogP contribution >= 0.6 is 0 Å². The van der Waals surface area contributed by atoms with E-state index in [0.29, 0.717) is 23.4 Å². The molecular weight excluding hydrogens is 463 g/mol. The summed E-state index contributed by atoms with van der Waals surface area (Å²) in [7, 11) is 0. The molecule has 36 heavy (non-hydrogen) atoms. The zero-order chi connectivity index (χ0) is 25.4. The maximum atomic E-state index is 13.9. The number of amides is 2. The summed E-state index contributed by atoms with van der Waals surface area (Å²) >= 11 is 0. The Balaban J connectivity index is 1.65. The monoisotopic (exact) mass is 490 g/mol. The lowest BCUT2D eigenvalue weighted by Gasteiger charge is -2.38. The Morgan fingerprint density at radius 3 is 2.69 bits per heavy atom. The fraction of sp³-hybridized carbons (Fsp3) is 0.333. The summed E-state index contributed by atoms with van der Waals surface area (Å²) in [5.74, 6) is -2.39. The Kier molecular flexibility index (Phi) is 6.40. The summed E-state index contributed by atoms with van der Waals surface area (Å²) in [5.41, 5.74) is 1.18. The molecule has 0 saturated carbocycles. The van der Waals surface area contributed by atoms with E-state index in [9.17, 15) is 23.9 Å². The van der Waals surface area contributed by atoms with E-state index in [1.165, 1.54) is 18.3 Å². The van der Waals surface area contributed by atoms with E-state index < -0.39 is 29.7 Å². The highest BCUT2D eigenvalue weighted by Gasteiger charge is 2.57. The number of carbonyl (C=O) groups excluding carboxylic acids is 2. The molecule has 2 bridgehead atoms. The van der Waals surface area contributed by atoms with Gasteiger partial charge in [0.25, 0.3) is 11.5 Å². The van der Waals surface area contributed by atoms with Crippen molar-refractivity contribution in [2.24, 2.45) is 11.8 Å². The molecule has 2 aliphatic rings. The smallest absolute Gasteiger partial charge is 0.273 e. The number of carbonyl (C=O) groups is 2. The first-order chi connectivity index (χ1) is 17.5. The van der Waals surface area contributed by atoms with Crippen LogP contribution in [0.2, 0.25) is 0 Å². The number of aromatic nitrogens is 2. The van der Waals surface area contributed by atoms with Crippen molar-refractivity contribution in [3.8, 4) is 11.1 Å². The molecule has 8 nitrogen and oxygen atoms in total. The van der Waals surface area contributed by atoms with Crippen molar-refractivity contribution in [2.75, 3.05) is 13.2 Å². The second kappa shape index (κ2) is 9.66. The van der Waals surface area contributed by atoms with Crippen LogP contribution in [0.1, 0.15) is 35.6 Å². The Bertz CT molecular complexity index is 1360. The minimum Gasteiger partial charge on any atom is -0.396 e.